The first-order valence-electron chi connectivity index (χ1n) is 5.19. The molecule has 1 aliphatic rings. The fourth-order valence-electron chi connectivity index (χ4n) is 1.81. The molecule has 1 N–H and O–H groups in total. The van der Waals surface area contributed by atoms with E-state index in [2.05, 4.69) is 0 Å². The Bertz CT molecular complexity index is 611. The smallest absolute Gasteiger partial charge is 0.303 e. The van der Waals surface area contributed by atoms with E-state index in [0.29, 0.717) is 16.9 Å². The summed E-state index contributed by atoms with van der Waals surface area (Å²) in [7, 11) is -3.33. The van der Waals surface area contributed by atoms with Crippen molar-refractivity contribution in [1.29, 1.82) is 0 Å². The second-order valence-electron chi connectivity index (χ2n) is 4.02. The van der Waals surface area contributed by atoms with Gasteiger partial charge in [-0.2, -0.15) is 0 Å². The summed E-state index contributed by atoms with van der Waals surface area (Å²) in [5.41, 5.74) is 1.42. The number of allylic oxidation sites excluding steroid dienone is 1. The standard InChI is InChI=1S/C12H12O4S/c1-8-6-10-4-2-9(3-5-12(13)14)7-11(10)17(8,15)16/h2,4,6-7H,3,5H2,1H3,(H,13,14). The third-order valence-corrected chi connectivity index (χ3v) is 4.68. The Kier molecular flexibility index (Phi) is 2.79. The Morgan fingerprint density at radius 1 is 1.35 bits per heavy atom. The van der Waals surface area contributed by atoms with Crippen molar-refractivity contribution in [1.82, 2.24) is 0 Å². The molecule has 0 aromatic heterocycles. The molecule has 0 aliphatic carbocycles. The summed E-state index contributed by atoms with van der Waals surface area (Å²) in [6.45, 7) is 1.56. The van der Waals surface area contributed by atoms with Gasteiger partial charge in [-0.25, -0.2) is 8.42 Å². The predicted molar refractivity (Wildman–Crippen MR) is 63.2 cm³/mol. The summed E-state index contributed by atoms with van der Waals surface area (Å²) in [6.07, 6.45) is 1.98. The summed E-state index contributed by atoms with van der Waals surface area (Å²) >= 11 is 0. The van der Waals surface area contributed by atoms with Gasteiger partial charge in [-0.05, 0) is 36.6 Å². The minimum Gasteiger partial charge on any atom is -0.481 e. The molecular formula is C12H12O4S. The van der Waals surface area contributed by atoms with Crippen molar-refractivity contribution in [3.63, 3.8) is 0 Å². The van der Waals surface area contributed by atoms with E-state index in [1.165, 1.54) is 0 Å². The van der Waals surface area contributed by atoms with Gasteiger partial charge in [0, 0.05) is 11.3 Å². The number of benzene rings is 1. The van der Waals surface area contributed by atoms with Crippen molar-refractivity contribution < 1.29 is 18.3 Å². The zero-order chi connectivity index (χ0) is 12.6. The number of sulfone groups is 1. The van der Waals surface area contributed by atoms with E-state index < -0.39 is 15.8 Å². The van der Waals surface area contributed by atoms with Crippen LogP contribution in [0.25, 0.3) is 6.08 Å². The van der Waals surface area contributed by atoms with Crippen LogP contribution < -0.4 is 0 Å². The number of hydrogen-bond donors (Lipinski definition) is 1. The van der Waals surface area contributed by atoms with E-state index in [1.54, 1.807) is 31.2 Å². The first-order chi connectivity index (χ1) is 7.91. The molecule has 0 saturated heterocycles. The van der Waals surface area contributed by atoms with Crippen LogP contribution in [0, 0.1) is 0 Å². The molecule has 0 unspecified atom stereocenters. The maximum atomic E-state index is 11.9. The van der Waals surface area contributed by atoms with Gasteiger partial charge in [0.05, 0.1) is 4.90 Å². The van der Waals surface area contributed by atoms with Crippen LogP contribution >= 0.6 is 0 Å². The Morgan fingerprint density at radius 2 is 2.06 bits per heavy atom. The number of aryl methyl sites for hydroxylation is 1. The maximum absolute atomic E-state index is 11.9. The van der Waals surface area contributed by atoms with Gasteiger partial charge in [-0.1, -0.05) is 12.1 Å². The molecule has 0 fully saturated rings. The Balaban J connectivity index is 2.36. The van der Waals surface area contributed by atoms with Crippen molar-refractivity contribution in [2.75, 3.05) is 0 Å². The van der Waals surface area contributed by atoms with Gasteiger partial charge in [0.2, 0.25) is 9.84 Å². The second-order valence-corrected chi connectivity index (χ2v) is 6.11. The molecule has 0 bridgehead atoms. The lowest BCUT2D eigenvalue weighted by atomic mass is 10.1. The van der Waals surface area contributed by atoms with E-state index in [4.69, 9.17) is 5.11 Å². The van der Waals surface area contributed by atoms with E-state index in [-0.39, 0.29) is 11.3 Å². The molecule has 90 valence electrons. The topological polar surface area (TPSA) is 71.4 Å². The van der Waals surface area contributed by atoms with Crippen LogP contribution in [0.2, 0.25) is 0 Å². The summed E-state index contributed by atoms with van der Waals surface area (Å²) in [5, 5.41) is 8.58. The Hall–Kier alpha value is -1.62. The first-order valence-corrected chi connectivity index (χ1v) is 6.67. The molecule has 1 aromatic carbocycles. The number of rotatable bonds is 3. The van der Waals surface area contributed by atoms with Gasteiger partial charge in [0.1, 0.15) is 0 Å². The summed E-state index contributed by atoms with van der Waals surface area (Å²) in [5.74, 6) is -0.886. The number of carboxylic acid groups (broad SMARTS) is 1. The van der Waals surface area contributed by atoms with Crippen LogP contribution in [0.1, 0.15) is 24.5 Å². The highest BCUT2D eigenvalue weighted by Crippen LogP contribution is 2.33. The number of fused-ring (bicyclic) bond motifs is 1. The lowest BCUT2D eigenvalue weighted by Gasteiger charge is -2.03. The highest BCUT2D eigenvalue weighted by atomic mass is 32.2. The van der Waals surface area contributed by atoms with Crippen LogP contribution in [0.5, 0.6) is 0 Å². The van der Waals surface area contributed by atoms with Crippen molar-refractivity contribution in [3.8, 4) is 0 Å². The highest BCUT2D eigenvalue weighted by molar-refractivity contribution is 7.95. The molecule has 0 spiro atoms. The minimum absolute atomic E-state index is 0.00520. The molecule has 0 saturated carbocycles. The summed E-state index contributed by atoms with van der Waals surface area (Å²) < 4.78 is 23.8. The number of carboxylic acids is 1. The molecule has 1 aromatic rings. The monoisotopic (exact) mass is 252 g/mol. The molecule has 0 atom stereocenters. The molecule has 5 heteroatoms. The van der Waals surface area contributed by atoms with Gasteiger partial charge >= 0.3 is 5.97 Å². The minimum atomic E-state index is -3.33. The SMILES string of the molecule is CC1=Cc2ccc(CCC(=O)O)cc2S1(=O)=O. The average Bonchev–Trinajstić information content (AvgIpc) is 2.48. The lowest BCUT2D eigenvalue weighted by Crippen LogP contribution is -2.01. The van der Waals surface area contributed by atoms with Gasteiger partial charge < -0.3 is 5.11 Å². The average molecular weight is 252 g/mol. The number of hydrogen-bond acceptors (Lipinski definition) is 3. The quantitative estimate of drug-likeness (QED) is 0.891. The summed E-state index contributed by atoms with van der Waals surface area (Å²) in [6, 6.07) is 5.06. The van der Waals surface area contributed by atoms with Crippen LogP contribution in [0.3, 0.4) is 0 Å². The third kappa shape index (κ3) is 2.10. The fraction of sp³-hybridized carbons (Fsp3) is 0.250. The molecule has 4 nitrogen and oxygen atoms in total. The number of aliphatic carboxylic acids is 1. The second kappa shape index (κ2) is 4.00. The summed E-state index contributed by atoms with van der Waals surface area (Å²) in [4.78, 5) is 11.1. The lowest BCUT2D eigenvalue weighted by molar-refractivity contribution is -0.136. The van der Waals surface area contributed by atoms with Crippen molar-refractivity contribution in [3.05, 3.63) is 34.2 Å². The molecule has 1 aliphatic heterocycles. The van der Waals surface area contributed by atoms with E-state index in [9.17, 15) is 13.2 Å². The van der Waals surface area contributed by atoms with E-state index in [0.717, 1.165) is 5.56 Å². The largest absolute Gasteiger partial charge is 0.481 e. The van der Waals surface area contributed by atoms with Crippen LogP contribution in [0.4, 0.5) is 0 Å². The van der Waals surface area contributed by atoms with Gasteiger partial charge in [-0.3, -0.25) is 4.79 Å². The maximum Gasteiger partial charge on any atom is 0.303 e. The first kappa shape index (κ1) is 11.9. The molecule has 1 heterocycles. The number of carbonyl (C=O) groups is 1. The molecular weight excluding hydrogens is 240 g/mol. The fourth-order valence-corrected chi connectivity index (χ4v) is 3.18. The van der Waals surface area contributed by atoms with Gasteiger partial charge in [-0.15, -0.1) is 0 Å². The highest BCUT2D eigenvalue weighted by Gasteiger charge is 2.26. The van der Waals surface area contributed by atoms with Gasteiger partial charge in [0.25, 0.3) is 0 Å². The van der Waals surface area contributed by atoms with Crippen LogP contribution in [0.15, 0.2) is 28.0 Å². The molecule has 0 radical (unpaired) electrons. The zero-order valence-electron chi connectivity index (χ0n) is 9.30. The predicted octanol–water partition coefficient (Wildman–Crippen LogP) is 1.85. The Morgan fingerprint density at radius 3 is 2.71 bits per heavy atom. The molecule has 17 heavy (non-hydrogen) atoms. The van der Waals surface area contributed by atoms with Gasteiger partial charge in [0.15, 0.2) is 0 Å². The van der Waals surface area contributed by atoms with E-state index in [1.807, 2.05) is 0 Å². The zero-order valence-corrected chi connectivity index (χ0v) is 10.1. The third-order valence-electron chi connectivity index (χ3n) is 2.78. The molecule has 2 rings (SSSR count). The van der Waals surface area contributed by atoms with Crippen molar-refractivity contribution >= 4 is 21.9 Å². The van der Waals surface area contributed by atoms with E-state index >= 15 is 0 Å². The molecule has 0 amide bonds. The van der Waals surface area contributed by atoms with Crippen molar-refractivity contribution in [2.24, 2.45) is 0 Å². The van der Waals surface area contributed by atoms with Crippen molar-refractivity contribution in [2.45, 2.75) is 24.7 Å². The Labute approximate surface area is 99.5 Å². The van der Waals surface area contributed by atoms with Crippen LogP contribution in [-0.4, -0.2) is 19.5 Å². The normalized spacial score (nSPS) is 16.4. The van der Waals surface area contributed by atoms with Crippen LogP contribution in [-0.2, 0) is 21.1 Å².